The summed E-state index contributed by atoms with van der Waals surface area (Å²) in [6.45, 7) is 1.15. The average Bonchev–Trinajstić information content (AvgIpc) is 2.88. The number of benzene rings is 1. The summed E-state index contributed by atoms with van der Waals surface area (Å²) in [5, 5.41) is 10.7. The number of methoxy groups -OCH3 is 1. The van der Waals surface area contributed by atoms with E-state index in [4.69, 9.17) is 4.74 Å². The summed E-state index contributed by atoms with van der Waals surface area (Å²) in [4.78, 5) is 11.6. The third-order valence-corrected chi connectivity index (χ3v) is 2.54. The van der Waals surface area contributed by atoms with E-state index in [1.807, 2.05) is 30.3 Å². The van der Waals surface area contributed by atoms with Crippen molar-refractivity contribution in [3.63, 3.8) is 0 Å². The molecule has 1 heterocycles. The lowest BCUT2D eigenvalue weighted by atomic mass is 10.2. The number of aromatic nitrogens is 3. The summed E-state index contributed by atoms with van der Waals surface area (Å²) < 4.78 is 6.37. The predicted molar refractivity (Wildman–Crippen MR) is 70.3 cm³/mol. The van der Waals surface area contributed by atoms with Crippen LogP contribution in [0.3, 0.4) is 0 Å². The SMILES string of the molecule is COCCNC(=O)Cn1cc(-c2ccccc2)nn1. The Hall–Kier alpha value is -2.21. The van der Waals surface area contributed by atoms with E-state index in [0.717, 1.165) is 11.3 Å². The zero-order valence-electron chi connectivity index (χ0n) is 10.7. The molecule has 6 heteroatoms. The van der Waals surface area contributed by atoms with Gasteiger partial charge in [0.2, 0.25) is 5.91 Å². The summed E-state index contributed by atoms with van der Waals surface area (Å²) in [7, 11) is 1.59. The first kappa shape index (κ1) is 13.2. The minimum absolute atomic E-state index is 0.110. The number of rotatable bonds is 6. The van der Waals surface area contributed by atoms with E-state index in [2.05, 4.69) is 15.6 Å². The van der Waals surface area contributed by atoms with E-state index >= 15 is 0 Å². The molecule has 0 radical (unpaired) electrons. The molecule has 0 bridgehead atoms. The van der Waals surface area contributed by atoms with Crippen LogP contribution in [0.15, 0.2) is 36.5 Å². The molecule has 0 aliphatic rings. The van der Waals surface area contributed by atoms with Crippen LogP contribution in [-0.4, -0.2) is 41.2 Å². The second-order valence-electron chi connectivity index (χ2n) is 4.01. The van der Waals surface area contributed by atoms with Crippen LogP contribution in [0.1, 0.15) is 0 Å². The molecule has 0 fully saturated rings. The van der Waals surface area contributed by atoms with Gasteiger partial charge < -0.3 is 10.1 Å². The summed E-state index contributed by atoms with van der Waals surface area (Å²) in [5.74, 6) is -0.110. The van der Waals surface area contributed by atoms with Gasteiger partial charge in [0.15, 0.2) is 0 Å². The van der Waals surface area contributed by atoms with Crippen LogP contribution < -0.4 is 5.32 Å². The van der Waals surface area contributed by atoms with E-state index in [0.29, 0.717) is 13.2 Å². The minimum Gasteiger partial charge on any atom is -0.383 e. The summed E-state index contributed by atoms with van der Waals surface area (Å²) >= 11 is 0. The summed E-state index contributed by atoms with van der Waals surface area (Å²) in [6, 6.07) is 9.72. The Labute approximate surface area is 111 Å². The van der Waals surface area contributed by atoms with Crippen molar-refractivity contribution in [1.82, 2.24) is 20.3 Å². The standard InChI is InChI=1S/C13H16N4O2/c1-19-8-7-14-13(18)10-17-9-12(15-16-17)11-5-3-2-4-6-11/h2-6,9H,7-8,10H2,1H3,(H,14,18). The Kier molecular flexibility index (Phi) is 4.63. The fraction of sp³-hybridized carbons (Fsp3) is 0.308. The molecule has 100 valence electrons. The van der Waals surface area contributed by atoms with Gasteiger partial charge in [0.05, 0.1) is 12.8 Å². The van der Waals surface area contributed by atoms with E-state index in [-0.39, 0.29) is 12.5 Å². The number of ether oxygens (including phenoxy) is 1. The van der Waals surface area contributed by atoms with Crippen LogP contribution in [0.2, 0.25) is 0 Å². The van der Waals surface area contributed by atoms with E-state index < -0.39 is 0 Å². The van der Waals surface area contributed by atoms with Crippen molar-refractivity contribution in [3.8, 4) is 11.3 Å². The van der Waals surface area contributed by atoms with Crippen LogP contribution in [0.25, 0.3) is 11.3 Å². The molecule has 0 atom stereocenters. The van der Waals surface area contributed by atoms with Gasteiger partial charge in [-0.3, -0.25) is 4.79 Å². The van der Waals surface area contributed by atoms with Crippen molar-refractivity contribution >= 4 is 5.91 Å². The highest BCUT2D eigenvalue weighted by atomic mass is 16.5. The van der Waals surface area contributed by atoms with Gasteiger partial charge in [-0.05, 0) is 0 Å². The maximum absolute atomic E-state index is 11.6. The molecule has 0 aliphatic heterocycles. The van der Waals surface area contributed by atoms with Crippen LogP contribution in [-0.2, 0) is 16.1 Å². The molecule has 0 saturated heterocycles. The molecule has 1 aromatic carbocycles. The van der Waals surface area contributed by atoms with Crippen LogP contribution >= 0.6 is 0 Å². The lowest BCUT2D eigenvalue weighted by Gasteiger charge is -2.03. The molecule has 1 amide bonds. The van der Waals surface area contributed by atoms with Crippen molar-refractivity contribution in [2.45, 2.75) is 6.54 Å². The number of carbonyl (C=O) groups excluding carboxylic acids is 1. The third-order valence-electron chi connectivity index (χ3n) is 2.54. The molecule has 1 aromatic heterocycles. The molecule has 0 saturated carbocycles. The van der Waals surface area contributed by atoms with E-state index in [1.54, 1.807) is 13.3 Å². The second kappa shape index (κ2) is 6.65. The third kappa shape index (κ3) is 3.89. The smallest absolute Gasteiger partial charge is 0.241 e. The van der Waals surface area contributed by atoms with Gasteiger partial charge in [-0.15, -0.1) is 5.10 Å². The van der Waals surface area contributed by atoms with Gasteiger partial charge in [-0.25, -0.2) is 4.68 Å². The number of nitrogens with zero attached hydrogens (tertiary/aromatic N) is 3. The normalized spacial score (nSPS) is 10.4. The van der Waals surface area contributed by atoms with Gasteiger partial charge in [0.25, 0.3) is 0 Å². The highest BCUT2D eigenvalue weighted by molar-refractivity contribution is 5.75. The van der Waals surface area contributed by atoms with Crippen molar-refractivity contribution in [2.24, 2.45) is 0 Å². The first-order valence-electron chi connectivity index (χ1n) is 6.01. The summed E-state index contributed by atoms with van der Waals surface area (Å²) in [6.07, 6.45) is 1.76. The molecule has 19 heavy (non-hydrogen) atoms. The minimum atomic E-state index is -0.110. The van der Waals surface area contributed by atoms with Gasteiger partial charge in [0, 0.05) is 19.2 Å². The van der Waals surface area contributed by atoms with Gasteiger partial charge in [-0.1, -0.05) is 35.5 Å². The Morgan fingerprint density at radius 2 is 2.16 bits per heavy atom. The topological polar surface area (TPSA) is 69.0 Å². The van der Waals surface area contributed by atoms with Gasteiger partial charge in [0.1, 0.15) is 12.2 Å². The van der Waals surface area contributed by atoms with Crippen molar-refractivity contribution < 1.29 is 9.53 Å². The maximum Gasteiger partial charge on any atom is 0.241 e. The highest BCUT2D eigenvalue weighted by Crippen LogP contribution is 2.14. The van der Waals surface area contributed by atoms with Crippen LogP contribution in [0.5, 0.6) is 0 Å². The number of amides is 1. The lowest BCUT2D eigenvalue weighted by Crippen LogP contribution is -2.30. The van der Waals surface area contributed by atoms with E-state index in [1.165, 1.54) is 4.68 Å². The monoisotopic (exact) mass is 260 g/mol. The van der Waals surface area contributed by atoms with Crippen molar-refractivity contribution in [2.75, 3.05) is 20.3 Å². The number of carbonyl (C=O) groups is 1. The average molecular weight is 260 g/mol. The van der Waals surface area contributed by atoms with Crippen molar-refractivity contribution in [3.05, 3.63) is 36.5 Å². The van der Waals surface area contributed by atoms with E-state index in [9.17, 15) is 4.79 Å². The molecule has 2 aromatic rings. The molecule has 6 nitrogen and oxygen atoms in total. The van der Waals surface area contributed by atoms with Crippen LogP contribution in [0.4, 0.5) is 0 Å². The zero-order valence-corrected chi connectivity index (χ0v) is 10.7. The predicted octanol–water partition coefficient (Wildman–Crippen LogP) is 0.708. The Morgan fingerprint density at radius 1 is 1.37 bits per heavy atom. The quantitative estimate of drug-likeness (QED) is 0.777. The number of hydrogen-bond donors (Lipinski definition) is 1. The maximum atomic E-state index is 11.6. The number of hydrogen-bond acceptors (Lipinski definition) is 4. The molecule has 2 rings (SSSR count). The van der Waals surface area contributed by atoms with Crippen molar-refractivity contribution in [1.29, 1.82) is 0 Å². The molecular formula is C13H16N4O2. The fourth-order valence-corrected chi connectivity index (χ4v) is 1.61. The number of nitrogens with one attached hydrogen (secondary N) is 1. The Bertz CT molecular complexity index is 524. The lowest BCUT2D eigenvalue weighted by molar-refractivity contribution is -0.122. The van der Waals surface area contributed by atoms with Gasteiger partial charge in [-0.2, -0.15) is 0 Å². The molecular weight excluding hydrogens is 244 g/mol. The first-order valence-corrected chi connectivity index (χ1v) is 6.01. The van der Waals surface area contributed by atoms with Gasteiger partial charge >= 0.3 is 0 Å². The molecule has 0 unspecified atom stereocenters. The first-order chi connectivity index (χ1) is 9.29. The largest absolute Gasteiger partial charge is 0.383 e. The summed E-state index contributed by atoms with van der Waals surface area (Å²) in [5.41, 5.74) is 1.74. The Morgan fingerprint density at radius 3 is 2.89 bits per heavy atom. The fourth-order valence-electron chi connectivity index (χ4n) is 1.61. The highest BCUT2D eigenvalue weighted by Gasteiger charge is 2.06. The second-order valence-corrected chi connectivity index (χ2v) is 4.01. The zero-order chi connectivity index (χ0) is 13.5. The van der Waals surface area contributed by atoms with Crippen LogP contribution in [0, 0.1) is 0 Å². The molecule has 0 aliphatic carbocycles. The molecule has 1 N–H and O–H groups in total. The Balaban J connectivity index is 1.93. The molecule has 0 spiro atoms.